The van der Waals surface area contributed by atoms with Crippen LogP contribution in [0.1, 0.15) is 22.3 Å². The van der Waals surface area contributed by atoms with Gasteiger partial charge < -0.3 is 9.32 Å². The Morgan fingerprint density at radius 2 is 0.821 bits per heavy atom. The highest BCUT2D eigenvalue weighted by molar-refractivity contribution is 6.06. The molecule has 0 fully saturated rings. The smallest absolute Gasteiger partial charge is 0.135 e. The van der Waals surface area contributed by atoms with E-state index in [0.717, 1.165) is 50.1 Å². The van der Waals surface area contributed by atoms with Crippen molar-refractivity contribution < 1.29 is 4.42 Å². The van der Waals surface area contributed by atoms with Crippen LogP contribution >= 0.6 is 0 Å². The van der Waals surface area contributed by atoms with Gasteiger partial charge in [0.2, 0.25) is 0 Å². The number of hydrogen-bond donors (Lipinski definition) is 0. The van der Waals surface area contributed by atoms with Crippen molar-refractivity contribution in [3.8, 4) is 44.5 Å². The summed E-state index contributed by atoms with van der Waals surface area (Å²) in [7, 11) is 0. The van der Waals surface area contributed by atoms with Gasteiger partial charge in [-0.1, -0.05) is 200 Å². The molecule has 0 unspecified atom stereocenters. The fourth-order valence-corrected chi connectivity index (χ4v) is 10.9. The highest BCUT2D eigenvalue weighted by Crippen LogP contribution is 2.58. The molecule has 0 amide bonds. The van der Waals surface area contributed by atoms with Gasteiger partial charge in [-0.05, 0) is 138 Å². The van der Waals surface area contributed by atoms with Gasteiger partial charge in [0.05, 0.1) is 5.41 Å². The van der Waals surface area contributed by atoms with Gasteiger partial charge in [-0.3, -0.25) is 0 Å². The van der Waals surface area contributed by atoms with Crippen molar-refractivity contribution in [2.75, 3.05) is 4.90 Å². The minimum atomic E-state index is -0.580. The Labute approximate surface area is 390 Å². The maximum absolute atomic E-state index is 6.19. The molecule has 0 radical (unpaired) electrons. The summed E-state index contributed by atoms with van der Waals surface area (Å²) in [5, 5.41) is 4.75. The average Bonchev–Trinajstić information content (AvgIpc) is 3.92. The molecule has 1 heterocycles. The van der Waals surface area contributed by atoms with E-state index >= 15 is 0 Å². The first kappa shape index (κ1) is 38.7. The van der Waals surface area contributed by atoms with Crippen molar-refractivity contribution in [2.24, 2.45) is 0 Å². The van der Waals surface area contributed by atoms with E-state index in [0.29, 0.717) is 0 Å². The van der Waals surface area contributed by atoms with Crippen LogP contribution in [0.2, 0.25) is 0 Å². The molecule has 0 aliphatic heterocycles. The summed E-state index contributed by atoms with van der Waals surface area (Å²) in [6, 6.07) is 95.3. The maximum atomic E-state index is 6.19. The van der Waals surface area contributed by atoms with Gasteiger partial charge in [0, 0.05) is 27.8 Å². The van der Waals surface area contributed by atoms with E-state index in [1.807, 2.05) is 12.1 Å². The van der Waals surface area contributed by atoms with E-state index in [9.17, 15) is 0 Å². The highest BCUT2D eigenvalue weighted by Gasteiger charge is 2.46. The lowest BCUT2D eigenvalue weighted by molar-refractivity contribution is 0.669. The lowest BCUT2D eigenvalue weighted by atomic mass is 9.67. The van der Waals surface area contributed by atoms with E-state index in [1.54, 1.807) is 0 Å². The maximum Gasteiger partial charge on any atom is 0.135 e. The highest BCUT2D eigenvalue weighted by atomic mass is 16.3. The summed E-state index contributed by atoms with van der Waals surface area (Å²) in [5.74, 6) is 0. The van der Waals surface area contributed by atoms with Gasteiger partial charge in [0.15, 0.2) is 0 Å². The molecule has 0 saturated heterocycles. The number of rotatable bonds is 8. The van der Waals surface area contributed by atoms with Crippen LogP contribution in [0.25, 0.3) is 77.2 Å². The van der Waals surface area contributed by atoms with Gasteiger partial charge in [0.25, 0.3) is 0 Å². The fourth-order valence-electron chi connectivity index (χ4n) is 10.9. The van der Waals surface area contributed by atoms with E-state index < -0.39 is 5.41 Å². The molecule has 314 valence electrons. The van der Waals surface area contributed by atoms with Crippen LogP contribution in [0.4, 0.5) is 17.1 Å². The number of para-hydroxylation sites is 1. The monoisotopic (exact) mass is 853 g/mol. The van der Waals surface area contributed by atoms with Crippen LogP contribution in [0.5, 0.6) is 0 Å². The first-order chi connectivity index (χ1) is 33.2. The van der Waals surface area contributed by atoms with Crippen LogP contribution in [0.15, 0.2) is 265 Å². The van der Waals surface area contributed by atoms with Gasteiger partial charge in [0.1, 0.15) is 11.2 Å². The Bertz CT molecular complexity index is 3730. The third-order valence-electron chi connectivity index (χ3n) is 14.0. The Hall–Kier alpha value is -8.72. The SMILES string of the molecule is c1ccc(-c2ccc(N(c3ccc(-c4ccc5oc6ccccc6c5c4)cc3)c3ccc4c(c3)C(c3ccccc3)(c3ccccc3)c3ccc(-c5cccc6ccccc56)cc3-4)cc2)cc1. The molecule has 0 N–H and O–H groups in total. The standard InChI is InChI=1S/C65H43NO/c1-4-15-44(16-5-1)45-27-33-52(34-28-45)66(53-35-29-46(30-36-53)48-32-40-64-60(41-48)58-24-12-13-26-63(58)67-64)54-37-38-57-59-42-49(56-25-14-18-47-17-10-11-23-55(47)56)31-39-61(59)65(62(57)43-54,50-19-6-2-7-20-50)51-21-8-3-9-22-51/h1-43H. The molecular formula is C65H43NO. The van der Waals surface area contributed by atoms with E-state index in [1.165, 1.54) is 66.4 Å². The Balaban J connectivity index is 1.00. The van der Waals surface area contributed by atoms with Crippen LogP contribution in [-0.2, 0) is 5.41 Å². The van der Waals surface area contributed by atoms with Crippen molar-refractivity contribution in [3.63, 3.8) is 0 Å². The molecule has 13 rings (SSSR count). The number of benzene rings is 11. The normalized spacial score (nSPS) is 12.6. The van der Waals surface area contributed by atoms with E-state index in [4.69, 9.17) is 4.42 Å². The summed E-state index contributed by atoms with van der Waals surface area (Å²) in [6.07, 6.45) is 0. The van der Waals surface area contributed by atoms with Crippen molar-refractivity contribution in [1.82, 2.24) is 0 Å². The third-order valence-corrected chi connectivity index (χ3v) is 14.0. The largest absolute Gasteiger partial charge is 0.456 e. The van der Waals surface area contributed by atoms with Crippen LogP contribution < -0.4 is 4.90 Å². The van der Waals surface area contributed by atoms with Crippen molar-refractivity contribution in [1.29, 1.82) is 0 Å². The average molecular weight is 854 g/mol. The molecule has 67 heavy (non-hydrogen) atoms. The molecule has 12 aromatic rings. The van der Waals surface area contributed by atoms with Gasteiger partial charge in [-0.15, -0.1) is 0 Å². The molecule has 0 saturated carbocycles. The van der Waals surface area contributed by atoms with E-state index in [2.05, 4.69) is 254 Å². The number of furan rings is 1. The van der Waals surface area contributed by atoms with Crippen molar-refractivity contribution in [2.45, 2.75) is 5.41 Å². The lowest BCUT2D eigenvalue weighted by Gasteiger charge is -2.35. The molecule has 1 aromatic heterocycles. The molecule has 0 spiro atoms. The third kappa shape index (κ3) is 6.33. The van der Waals surface area contributed by atoms with Crippen LogP contribution in [0, 0.1) is 0 Å². The fraction of sp³-hybridized carbons (Fsp3) is 0.0154. The minimum absolute atomic E-state index is 0.580. The number of anilines is 3. The summed E-state index contributed by atoms with van der Waals surface area (Å²) < 4.78 is 6.19. The van der Waals surface area contributed by atoms with Gasteiger partial charge in [-0.25, -0.2) is 0 Å². The van der Waals surface area contributed by atoms with Crippen molar-refractivity contribution >= 4 is 49.8 Å². The van der Waals surface area contributed by atoms with Gasteiger partial charge >= 0.3 is 0 Å². The first-order valence-electron chi connectivity index (χ1n) is 23.1. The molecule has 0 atom stereocenters. The summed E-state index contributed by atoms with van der Waals surface area (Å²) in [6.45, 7) is 0. The molecule has 0 bridgehead atoms. The molecular weight excluding hydrogens is 811 g/mol. The summed E-state index contributed by atoms with van der Waals surface area (Å²) >= 11 is 0. The Kier molecular flexibility index (Phi) is 9.11. The second kappa shape index (κ2) is 15.8. The van der Waals surface area contributed by atoms with E-state index in [-0.39, 0.29) is 0 Å². The second-order valence-corrected chi connectivity index (χ2v) is 17.6. The predicted octanol–water partition coefficient (Wildman–Crippen LogP) is 17.6. The number of fused-ring (bicyclic) bond motifs is 7. The number of hydrogen-bond acceptors (Lipinski definition) is 2. The minimum Gasteiger partial charge on any atom is -0.456 e. The molecule has 1 aliphatic rings. The quantitative estimate of drug-likeness (QED) is 0.151. The van der Waals surface area contributed by atoms with Gasteiger partial charge in [-0.2, -0.15) is 0 Å². The molecule has 2 nitrogen and oxygen atoms in total. The Morgan fingerprint density at radius 3 is 1.54 bits per heavy atom. The summed E-state index contributed by atoms with van der Waals surface area (Å²) in [4.78, 5) is 2.41. The summed E-state index contributed by atoms with van der Waals surface area (Å²) in [5.41, 5.74) is 19.1. The van der Waals surface area contributed by atoms with Crippen LogP contribution in [0.3, 0.4) is 0 Å². The molecule has 11 aromatic carbocycles. The zero-order valence-corrected chi connectivity index (χ0v) is 36.7. The van der Waals surface area contributed by atoms with Crippen LogP contribution in [-0.4, -0.2) is 0 Å². The Morgan fingerprint density at radius 1 is 0.284 bits per heavy atom. The lowest BCUT2D eigenvalue weighted by Crippen LogP contribution is -2.28. The zero-order valence-electron chi connectivity index (χ0n) is 36.7. The topological polar surface area (TPSA) is 16.4 Å². The van der Waals surface area contributed by atoms with Crippen molar-refractivity contribution in [3.05, 3.63) is 283 Å². The second-order valence-electron chi connectivity index (χ2n) is 17.6. The predicted molar refractivity (Wildman–Crippen MR) is 280 cm³/mol. The number of nitrogens with zero attached hydrogens (tertiary/aromatic N) is 1. The molecule has 1 aliphatic carbocycles. The zero-order chi connectivity index (χ0) is 44.3. The first-order valence-corrected chi connectivity index (χ1v) is 23.1. The molecule has 2 heteroatoms.